The minimum absolute atomic E-state index is 0.0178. The number of nitrogens with two attached hydrogens (primary N) is 1. The van der Waals surface area contributed by atoms with Crippen molar-refractivity contribution in [2.75, 3.05) is 13.1 Å². The molecule has 0 saturated heterocycles. The molecule has 0 aromatic rings. The highest BCUT2D eigenvalue weighted by atomic mass is 16.4. The van der Waals surface area contributed by atoms with Crippen molar-refractivity contribution in [2.45, 2.75) is 230 Å². The number of rotatable bonds is 43. The van der Waals surface area contributed by atoms with Gasteiger partial charge in [-0.25, -0.2) is 14.4 Å². The number of carboxylic acids is 4. The van der Waals surface area contributed by atoms with Gasteiger partial charge in [0.15, 0.2) is 0 Å². The van der Waals surface area contributed by atoms with E-state index in [1.165, 1.54) is 71.1 Å². The van der Waals surface area contributed by atoms with Crippen molar-refractivity contribution in [1.82, 2.24) is 26.6 Å². The van der Waals surface area contributed by atoms with Gasteiger partial charge in [-0.2, -0.15) is 0 Å². The van der Waals surface area contributed by atoms with Crippen LogP contribution in [-0.2, 0) is 47.9 Å². The van der Waals surface area contributed by atoms with Crippen molar-refractivity contribution < 1.29 is 68.4 Å². The van der Waals surface area contributed by atoms with Crippen molar-refractivity contribution in [3.05, 3.63) is 0 Å². The number of unbranched alkanes of at least 4 members (excludes halogenated alkanes) is 16. The van der Waals surface area contributed by atoms with Crippen LogP contribution in [0.15, 0.2) is 0 Å². The molecule has 4 atom stereocenters. The minimum atomic E-state index is -1.56. The van der Waals surface area contributed by atoms with Gasteiger partial charge < -0.3 is 52.7 Å². The molecular weight excluding hydrogens is 909 g/mol. The first-order chi connectivity index (χ1) is 33.4. The fourth-order valence-electron chi connectivity index (χ4n) is 8.44. The van der Waals surface area contributed by atoms with E-state index in [2.05, 4.69) is 26.6 Å². The average Bonchev–Trinajstić information content (AvgIpc) is 3.31. The highest BCUT2D eigenvalue weighted by Crippen LogP contribution is 2.29. The molecule has 1 unspecified atom stereocenters. The third-order valence-electron chi connectivity index (χ3n) is 13.0. The quantitative estimate of drug-likeness (QED) is 0.0348. The summed E-state index contributed by atoms with van der Waals surface area (Å²) in [5, 5.41) is 50.3. The Morgan fingerprint density at radius 2 is 0.829 bits per heavy atom. The molecule has 0 aromatic heterocycles. The van der Waals surface area contributed by atoms with Crippen LogP contribution in [0.3, 0.4) is 0 Å². The Labute approximate surface area is 413 Å². The number of aliphatic carboxylic acids is 4. The summed E-state index contributed by atoms with van der Waals surface area (Å²) in [6, 6.07) is -4.97. The van der Waals surface area contributed by atoms with Crippen molar-refractivity contribution >= 4 is 59.2 Å². The van der Waals surface area contributed by atoms with E-state index in [0.717, 1.165) is 38.5 Å². The predicted octanol–water partition coefficient (Wildman–Crippen LogP) is 5.27. The van der Waals surface area contributed by atoms with Gasteiger partial charge in [0.25, 0.3) is 0 Å². The Kier molecular flexibility index (Phi) is 34.7. The molecule has 0 aliphatic heterocycles. The number of hydrogen-bond acceptors (Lipinski definition) is 11. The van der Waals surface area contributed by atoms with E-state index in [4.69, 9.17) is 10.8 Å². The zero-order valence-corrected chi connectivity index (χ0v) is 41.7. The van der Waals surface area contributed by atoms with E-state index in [9.17, 15) is 63.3 Å². The number of amides is 5. The fourth-order valence-corrected chi connectivity index (χ4v) is 8.44. The summed E-state index contributed by atoms with van der Waals surface area (Å²) < 4.78 is 0. The van der Waals surface area contributed by atoms with Crippen molar-refractivity contribution in [3.63, 3.8) is 0 Å². The zero-order chi connectivity index (χ0) is 52.1. The van der Waals surface area contributed by atoms with Crippen LogP contribution < -0.4 is 32.3 Å². The first-order valence-electron chi connectivity index (χ1n) is 26.0. The molecule has 1 fully saturated rings. The van der Waals surface area contributed by atoms with E-state index in [1.54, 1.807) is 0 Å². The van der Waals surface area contributed by atoms with Crippen molar-refractivity contribution in [2.24, 2.45) is 17.6 Å². The first-order valence-corrected chi connectivity index (χ1v) is 26.0. The largest absolute Gasteiger partial charge is 0.481 e. The first kappa shape index (κ1) is 62.9. The molecule has 0 aromatic carbocycles. The third-order valence-corrected chi connectivity index (χ3v) is 13.0. The Morgan fingerprint density at radius 3 is 1.24 bits per heavy atom. The number of hydrogen-bond donors (Lipinski definition) is 10. The van der Waals surface area contributed by atoms with Gasteiger partial charge in [0.2, 0.25) is 29.5 Å². The molecular formula is C50H86N6O14. The molecule has 0 bridgehead atoms. The third kappa shape index (κ3) is 32.6. The fraction of sp³-hybridized carbons (Fsp3) is 0.800. The number of Topliss-reactive ketones (excluding diaryl/α,β-unsaturated/α-hetero) is 1. The summed E-state index contributed by atoms with van der Waals surface area (Å²) in [6.07, 6.45) is 21.0. The zero-order valence-electron chi connectivity index (χ0n) is 41.7. The maximum atomic E-state index is 13.0. The lowest BCUT2D eigenvalue weighted by molar-refractivity contribution is -0.144. The molecule has 400 valence electrons. The van der Waals surface area contributed by atoms with Gasteiger partial charge in [-0.3, -0.25) is 33.6 Å². The highest BCUT2D eigenvalue weighted by molar-refractivity contribution is 5.88. The normalized spacial score (nSPS) is 16.1. The van der Waals surface area contributed by atoms with E-state index >= 15 is 0 Å². The monoisotopic (exact) mass is 995 g/mol. The van der Waals surface area contributed by atoms with Crippen molar-refractivity contribution in [1.29, 1.82) is 0 Å². The van der Waals surface area contributed by atoms with E-state index in [1.807, 2.05) is 0 Å². The van der Waals surface area contributed by atoms with E-state index < -0.39 is 96.9 Å². The molecule has 1 aliphatic carbocycles. The van der Waals surface area contributed by atoms with Crippen LogP contribution >= 0.6 is 0 Å². The average molecular weight is 995 g/mol. The van der Waals surface area contributed by atoms with Gasteiger partial charge >= 0.3 is 23.9 Å². The topological polar surface area (TPSA) is 338 Å². The van der Waals surface area contributed by atoms with Gasteiger partial charge in [-0.1, -0.05) is 89.9 Å². The van der Waals surface area contributed by atoms with Gasteiger partial charge in [-0.15, -0.1) is 0 Å². The standard InChI is InChI=1S/C50H86N6O14/c1-35(57)38(51)20-18-19-33-52-43(59)30-27-39(48(65)66)54-44(60)31-28-40(49(67)68)55-45(61)32-29-41(50(69)70)56-47(64)37-25-23-36(24-26-37)34-53-42(58)21-16-14-12-10-8-6-4-2-3-5-7-9-11-13-15-17-22-46(62)63/h36-41H,2-34,51H2,1H3,(H,52,59)(H,53,58)(H,54,60)(H,55,61)(H,56,64)(H,62,63)(H,65,66)(H,67,68)(H,69,70)/t36?,37?,38?,39-,40-,41-/m0/s1. The second-order valence-corrected chi connectivity index (χ2v) is 19.1. The molecule has 0 spiro atoms. The molecule has 0 radical (unpaired) electrons. The summed E-state index contributed by atoms with van der Waals surface area (Å²) >= 11 is 0. The molecule has 70 heavy (non-hydrogen) atoms. The second-order valence-electron chi connectivity index (χ2n) is 19.1. The molecule has 20 heteroatoms. The second kappa shape index (κ2) is 38.6. The van der Waals surface area contributed by atoms with Crippen LogP contribution in [0.2, 0.25) is 0 Å². The van der Waals surface area contributed by atoms with Gasteiger partial charge in [0, 0.05) is 51.1 Å². The smallest absolute Gasteiger partial charge is 0.326 e. The number of carbonyl (C=O) groups is 10. The Morgan fingerprint density at radius 1 is 0.443 bits per heavy atom. The number of carboxylic acid groups (broad SMARTS) is 4. The van der Waals surface area contributed by atoms with Gasteiger partial charge in [0.1, 0.15) is 23.9 Å². The molecule has 1 saturated carbocycles. The van der Waals surface area contributed by atoms with Gasteiger partial charge in [0.05, 0.1) is 6.04 Å². The predicted molar refractivity (Wildman–Crippen MR) is 261 cm³/mol. The van der Waals surface area contributed by atoms with Crippen molar-refractivity contribution in [3.8, 4) is 0 Å². The number of ketones is 1. The summed E-state index contributed by atoms with van der Waals surface area (Å²) in [5.41, 5.74) is 5.68. The molecule has 20 nitrogen and oxygen atoms in total. The summed E-state index contributed by atoms with van der Waals surface area (Å²) in [7, 11) is 0. The Hall–Kier alpha value is -5.14. The van der Waals surface area contributed by atoms with Crippen LogP contribution in [0, 0.1) is 11.8 Å². The Bertz CT molecular complexity index is 1620. The molecule has 11 N–H and O–H groups in total. The lowest BCUT2D eigenvalue weighted by Crippen LogP contribution is -2.46. The van der Waals surface area contributed by atoms with Gasteiger partial charge in [-0.05, 0) is 89.9 Å². The Balaban J connectivity index is 2.26. The highest BCUT2D eigenvalue weighted by Gasteiger charge is 2.31. The number of carbonyl (C=O) groups excluding carboxylic acids is 6. The molecule has 1 aliphatic rings. The SMILES string of the molecule is CC(=O)C(N)CCCCNC(=O)CC[C@H](NC(=O)CC[C@H](NC(=O)CC[C@H](NC(=O)C1CCC(CNC(=O)CCCCCCCCCCCCCCCCCCC(=O)O)CC1)C(=O)O)C(=O)O)C(=O)O. The van der Waals surface area contributed by atoms with Crippen LogP contribution in [0.25, 0.3) is 0 Å². The maximum Gasteiger partial charge on any atom is 0.326 e. The van der Waals surface area contributed by atoms with Crippen LogP contribution in [0.1, 0.15) is 206 Å². The van der Waals surface area contributed by atoms with Crippen LogP contribution in [-0.4, -0.2) is 117 Å². The lowest BCUT2D eigenvalue weighted by Gasteiger charge is -2.28. The number of nitrogens with one attached hydrogen (secondary N) is 5. The van der Waals surface area contributed by atoms with Crippen LogP contribution in [0.4, 0.5) is 0 Å². The van der Waals surface area contributed by atoms with Crippen LogP contribution in [0.5, 0.6) is 0 Å². The lowest BCUT2D eigenvalue weighted by atomic mass is 9.81. The molecule has 5 amide bonds. The molecule has 1 rings (SSSR count). The summed E-state index contributed by atoms with van der Waals surface area (Å²) in [6.45, 7) is 2.21. The van der Waals surface area contributed by atoms with E-state index in [-0.39, 0.29) is 43.3 Å². The molecule has 0 heterocycles. The maximum absolute atomic E-state index is 13.0. The summed E-state index contributed by atoms with van der Waals surface area (Å²) in [5.74, 6) is -7.85. The van der Waals surface area contributed by atoms with E-state index in [0.29, 0.717) is 64.5 Å². The minimum Gasteiger partial charge on any atom is -0.481 e. The summed E-state index contributed by atoms with van der Waals surface area (Å²) in [4.78, 5) is 120.